The van der Waals surface area contributed by atoms with Crippen molar-refractivity contribution in [3.63, 3.8) is 0 Å². The van der Waals surface area contributed by atoms with Gasteiger partial charge in [0.1, 0.15) is 5.01 Å². The van der Waals surface area contributed by atoms with Gasteiger partial charge < -0.3 is 10.3 Å². The highest BCUT2D eigenvalue weighted by atomic mass is 32.1. The number of urea groups is 1. The average Bonchev–Trinajstić information content (AvgIpc) is 3.30. The number of aromatic amines is 1. The molecule has 2 amide bonds. The van der Waals surface area contributed by atoms with Gasteiger partial charge in [0.05, 0.1) is 0 Å². The number of carbonyl (C=O) groups is 1. The number of fused-ring (bicyclic) bond motifs is 1. The first kappa shape index (κ1) is 17.0. The maximum atomic E-state index is 12.1. The van der Waals surface area contributed by atoms with E-state index < -0.39 is 0 Å². The summed E-state index contributed by atoms with van der Waals surface area (Å²) in [5.41, 5.74) is 2.33. The molecule has 1 aromatic carbocycles. The number of carbonyl (C=O) groups excluding carboxylic acids is 1. The fourth-order valence-electron chi connectivity index (χ4n) is 3.59. The van der Waals surface area contributed by atoms with E-state index in [1.807, 2.05) is 18.3 Å². The van der Waals surface area contributed by atoms with Crippen LogP contribution in [-0.2, 0) is 6.42 Å². The number of hydrogen-bond donors (Lipinski definition) is 3. The first-order valence-electron chi connectivity index (χ1n) is 9.23. The maximum absolute atomic E-state index is 12.1. The molecule has 0 bridgehead atoms. The van der Waals surface area contributed by atoms with Crippen LogP contribution in [0, 0.1) is 0 Å². The molecule has 1 saturated carbocycles. The largest absolute Gasteiger partial charge is 0.361 e. The molecule has 0 atom stereocenters. The molecule has 1 aliphatic carbocycles. The van der Waals surface area contributed by atoms with Crippen molar-refractivity contribution in [2.45, 2.75) is 44.4 Å². The fraction of sp³-hybridized carbons (Fsp3) is 0.421. The molecule has 2 heterocycles. The van der Waals surface area contributed by atoms with Crippen LogP contribution < -0.4 is 10.6 Å². The molecule has 0 radical (unpaired) electrons. The highest BCUT2D eigenvalue weighted by Crippen LogP contribution is 2.35. The van der Waals surface area contributed by atoms with Gasteiger partial charge in [0.15, 0.2) is 0 Å². The number of H-pyrrole nitrogens is 1. The smallest absolute Gasteiger partial charge is 0.321 e. The summed E-state index contributed by atoms with van der Waals surface area (Å²) >= 11 is 1.50. The zero-order valence-electron chi connectivity index (χ0n) is 14.6. The van der Waals surface area contributed by atoms with E-state index in [9.17, 15) is 4.79 Å². The van der Waals surface area contributed by atoms with Gasteiger partial charge in [-0.15, -0.1) is 10.2 Å². The summed E-state index contributed by atoms with van der Waals surface area (Å²) in [6, 6.07) is 7.96. The number of anilines is 1. The lowest BCUT2D eigenvalue weighted by Gasteiger charge is -2.18. The quantitative estimate of drug-likeness (QED) is 0.622. The third-order valence-electron chi connectivity index (χ3n) is 4.97. The molecule has 26 heavy (non-hydrogen) atoms. The van der Waals surface area contributed by atoms with Crippen LogP contribution in [0.2, 0.25) is 0 Å². The van der Waals surface area contributed by atoms with Crippen molar-refractivity contribution in [1.82, 2.24) is 20.5 Å². The summed E-state index contributed by atoms with van der Waals surface area (Å²) in [5, 5.41) is 16.9. The molecule has 1 fully saturated rings. The van der Waals surface area contributed by atoms with Gasteiger partial charge in [-0.05, 0) is 30.9 Å². The average molecular weight is 369 g/mol. The maximum Gasteiger partial charge on any atom is 0.321 e. The van der Waals surface area contributed by atoms with Gasteiger partial charge in [0, 0.05) is 29.6 Å². The lowest BCUT2D eigenvalue weighted by atomic mass is 9.90. The zero-order valence-corrected chi connectivity index (χ0v) is 15.4. The molecule has 0 spiro atoms. The van der Waals surface area contributed by atoms with Gasteiger partial charge >= 0.3 is 6.03 Å². The molecule has 3 aromatic rings. The Balaban J connectivity index is 1.27. The second kappa shape index (κ2) is 7.86. The summed E-state index contributed by atoms with van der Waals surface area (Å²) < 4.78 is 0. The van der Waals surface area contributed by atoms with E-state index in [0.29, 0.717) is 17.6 Å². The van der Waals surface area contributed by atoms with E-state index in [4.69, 9.17) is 0 Å². The topological polar surface area (TPSA) is 82.7 Å². The minimum Gasteiger partial charge on any atom is -0.361 e. The number of para-hydroxylation sites is 1. The summed E-state index contributed by atoms with van der Waals surface area (Å²) in [6.07, 6.45) is 9.01. The first-order valence-corrected chi connectivity index (χ1v) is 10.0. The van der Waals surface area contributed by atoms with Crippen LogP contribution in [-0.4, -0.2) is 27.8 Å². The van der Waals surface area contributed by atoms with Crippen LogP contribution in [0.3, 0.4) is 0 Å². The molecule has 2 aromatic heterocycles. The lowest BCUT2D eigenvalue weighted by molar-refractivity contribution is 0.252. The van der Waals surface area contributed by atoms with Crippen molar-refractivity contribution < 1.29 is 4.79 Å². The SMILES string of the molecule is O=C(NCCc1c[nH]c2ccccc12)Nc1nnc(C2CCCCC2)s1. The number of rotatable bonds is 5. The summed E-state index contributed by atoms with van der Waals surface area (Å²) in [7, 11) is 0. The number of benzene rings is 1. The second-order valence-electron chi connectivity index (χ2n) is 6.77. The van der Waals surface area contributed by atoms with Crippen LogP contribution in [0.1, 0.15) is 48.6 Å². The van der Waals surface area contributed by atoms with E-state index in [0.717, 1.165) is 16.9 Å². The normalized spacial score (nSPS) is 15.2. The molecule has 0 aliphatic heterocycles. The lowest BCUT2D eigenvalue weighted by Crippen LogP contribution is -2.30. The van der Waals surface area contributed by atoms with Crippen LogP contribution in [0.5, 0.6) is 0 Å². The summed E-state index contributed by atoms with van der Waals surface area (Å²) in [4.78, 5) is 15.4. The van der Waals surface area contributed by atoms with Crippen LogP contribution in [0.4, 0.5) is 9.93 Å². The Labute approximate surface area is 156 Å². The number of hydrogen-bond acceptors (Lipinski definition) is 4. The number of aromatic nitrogens is 3. The fourth-order valence-corrected chi connectivity index (χ4v) is 4.50. The van der Waals surface area contributed by atoms with Crippen molar-refractivity contribution in [2.75, 3.05) is 11.9 Å². The predicted octanol–water partition coefficient (Wildman–Crippen LogP) is 4.43. The molecule has 0 unspecified atom stereocenters. The summed E-state index contributed by atoms with van der Waals surface area (Å²) in [5.74, 6) is 0.515. The van der Waals surface area contributed by atoms with Gasteiger partial charge in [0.25, 0.3) is 0 Å². The third kappa shape index (κ3) is 3.88. The Kier molecular flexibility index (Phi) is 5.15. The van der Waals surface area contributed by atoms with Gasteiger partial charge in [0.2, 0.25) is 5.13 Å². The van der Waals surface area contributed by atoms with Crippen molar-refractivity contribution >= 4 is 33.4 Å². The molecule has 3 N–H and O–H groups in total. The predicted molar refractivity (Wildman–Crippen MR) is 105 cm³/mol. The van der Waals surface area contributed by atoms with Crippen molar-refractivity contribution in [1.29, 1.82) is 0 Å². The number of nitrogens with one attached hydrogen (secondary N) is 3. The molecular formula is C19H23N5OS. The van der Waals surface area contributed by atoms with E-state index in [1.54, 1.807) is 0 Å². The Bertz CT molecular complexity index is 881. The van der Waals surface area contributed by atoms with Gasteiger partial charge in [-0.3, -0.25) is 5.32 Å². The molecule has 136 valence electrons. The van der Waals surface area contributed by atoms with Crippen molar-refractivity contribution in [3.8, 4) is 0 Å². The minimum atomic E-state index is -0.226. The second-order valence-corrected chi connectivity index (χ2v) is 7.78. The van der Waals surface area contributed by atoms with Gasteiger partial charge in [-0.25, -0.2) is 4.79 Å². The standard InChI is InChI=1S/C19H23N5OS/c25-18(20-11-10-14-12-21-16-9-5-4-8-15(14)16)22-19-24-23-17(26-19)13-6-2-1-3-7-13/h4-5,8-9,12-13,21H,1-3,6-7,10-11H2,(H2,20,22,24,25). The number of nitrogens with zero attached hydrogens (tertiary/aromatic N) is 2. The van der Waals surface area contributed by atoms with E-state index in [-0.39, 0.29) is 6.03 Å². The molecule has 4 rings (SSSR count). The van der Waals surface area contributed by atoms with E-state index in [2.05, 4.69) is 37.9 Å². The monoisotopic (exact) mass is 369 g/mol. The van der Waals surface area contributed by atoms with Crippen LogP contribution >= 0.6 is 11.3 Å². The van der Waals surface area contributed by atoms with E-state index >= 15 is 0 Å². The Morgan fingerprint density at radius 3 is 2.92 bits per heavy atom. The van der Waals surface area contributed by atoms with Gasteiger partial charge in [-0.2, -0.15) is 0 Å². The highest BCUT2D eigenvalue weighted by molar-refractivity contribution is 7.15. The van der Waals surface area contributed by atoms with Gasteiger partial charge in [-0.1, -0.05) is 48.8 Å². The Hall–Kier alpha value is -2.41. The van der Waals surface area contributed by atoms with Crippen molar-refractivity contribution in [3.05, 3.63) is 41.0 Å². The van der Waals surface area contributed by atoms with Crippen molar-refractivity contribution in [2.24, 2.45) is 0 Å². The molecule has 1 aliphatic rings. The molecular weight excluding hydrogens is 346 g/mol. The van der Waals surface area contributed by atoms with Crippen LogP contribution in [0.25, 0.3) is 10.9 Å². The first-order chi connectivity index (χ1) is 12.8. The molecule has 6 nitrogen and oxygen atoms in total. The third-order valence-corrected chi connectivity index (χ3v) is 5.97. The Morgan fingerprint density at radius 2 is 2.04 bits per heavy atom. The minimum absolute atomic E-state index is 0.226. The zero-order chi connectivity index (χ0) is 17.8. The molecule has 7 heteroatoms. The molecule has 0 saturated heterocycles. The summed E-state index contributed by atoms with van der Waals surface area (Å²) in [6.45, 7) is 0.571. The van der Waals surface area contributed by atoms with E-state index in [1.165, 1.54) is 54.4 Å². The number of amides is 2. The Morgan fingerprint density at radius 1 is 1.19 bits per heavy atom. The van der Waals surface area contributed by atoms with Crippen LogP contribution in [0.15, 0.2) is 30.5 Å². The highest BCUT2D eigenvalue weighted by Gasteiger charge is 2.20.